The first kappa shape index (κ1) is 23.1. The summed E-state index contributed by atoms with van der Waals surface area (Å²) >= 11 is 1.71. The second-order valence-electron chi connectivity index (χ2n) is 9.61. The van der Waals surface area contributed by atoms with Crippen LogP contribution in [0.2, 0.25) is 0 Å². The summed E-state index contributed by atoms with van der Waals surface area (Å²) in [6.07, 6.45) is 5.67. The normalized spacial score (nSPS) is 20.2. The average Bonchev–Trinajstić information content (AvgIpc) is 3.53. The van der Waals surface area contributed by atoms with Crippen molar-refractivity contribution in [3.05, 3.63) is 46.7 Å². The first-order valence-electron chi connectivity index (χ1n) is 12.3. The number of likely N-dealkylation sites (tertiary alicyclic amines) is 1. The Morgan fingerprint density at radius 3 is 2.59 bits per heavy atom. The van der Waals surface area contributed by atoms with Crippen LogP contribution in [0.25, 0.3) is 0 Å². The van der Waals surface area contributed by atoms with Gasteiger partial charge in [0.2, 0.25) is 11.8 Å². The molecule has 1 aromatic carbocycles. The fourth-order valence-electron chi connectivity index (χ4n) is 5.65. The number of anilines is 2. The second-order valence-corrected chi connectivity index (χ2v) is 10.6. The third kappa shape index (κ3) is 4.49. The fraction of sp³-hybridized carbons (Fsp3) is 0.500. The lowest BCUT2D eigenvalue weighted by Gasteiger charge is -2.45. The molecule has 2 aromatic rings. The van der Waals surface area contributed by atoms with E-state index in [2.05, 4.69) is 27.0 Å². The molecular weight excluding hydrogens is 448 g/mol. The SMILES string of the molecule is O=C(NCCc1cccs1)C1CCN(CC(=O)N2c3ccccc3NC(=O)C23CCCC3)CC1. The largest absolute Gasteiger partial charge is 0.355 e. The number of carbonyl (C=O) groups is 3. The van der Waals surface area contributed by atoms with E-state index < -0.39 is 5.54 Å². The number of nitrogens with one attached hydrogen (secondary N) is 2. The maximum atomic E-state index is 13.6. The highest BCUT2D eigenvalue weighted by molar-refractivity contribution is 7.09. The van der Waals surface area contributed by atoms with Gasteiger partial charge in [-0.05, 0) is 68.8 Å². The van der Waals surface area contributed by atoms with Gasteiger partial charge in [-0.1, -0.05) is 31.0 Å². The van der Waals surface area contributed by atoms with E-state index in [1.54, 1.807) is 16.2 Å². The Balaban J connectivity index is 1.18. The lowest BCUT2D eigenvalue weighted by molar-refractivity contribution is -0.129. The predicted octanol–water partition coefficient (Wildman–Crippen LogP) is 3.42. The molecule has 34 heavy (non-hydrogen) atoms. The molecule has 0 radical (unpaired) electrons. The van der Waals surface area contributed by atoms with Crippen LogP contribution >= 0.6 is 11.3 Å². The Kier molecular flexibility index (Phi) is 6.70. The lowest BCUT2D eigenvalue weighted by Crippen LogP contribution is -2.62. The minimum Gasteiger partial charge on any atom is -0.355 e. The van der Waals surface area contributed by atoms with Gasteiger partial charge >= 0.3 is 0 Å². The summed E-state index contributed by atoms with van der Waals surface area (Å²) in [5, 5.41) is 8.16. The van der Waals surface area contributed by atoms with E-state index in [1.165, 1.54) is 4.88 Å². The van der Waals surface area contributed by atoms with Crippen LogP contribution in [-0.4, -0.2) is 54.3 Å². The van der Waals surface area contributed by atoms with Crippen LogP contribution in [0.4, 0.5) is 11.4 Å². The number of hydrogen-bond donors (Lipinski definition) is 2. The summed E-state index contributed by atoms with van der Waals surface area (Å²) in [6.45, 7) is 2.36. The molecule has 8 heteroatoms. The van der Waals surface area contributed by atoms with Gasteiger partial charge in [-0.15, -0.1) is 11.3 Å². The summed E-state index contributed by atoms with van der Waals surface area (Å²) in [4.78, 5) is 44.5. The summed E-state index contributed by atoms with van der Waals surface area (Å²) < 4.78 is 0. The molecule has 2 aliphatic heterocycles. The first-order chi connectivity index (χ1) is 16.6. The zero-order valence-corrected chi connectivity index (χ0v) is 20.2. The second kappa shape index (κ2) is 9.88. The van der Waals surface area contributed by atoms with Crippen molar-refractivity contribution in [1.29, 1.82) is 0 Å². The third-order valence-corrected chi connectivity index (χ3v) is 8.43. The van der Waals surface area contributed by atoms with Crippen molar-refractivity contribution in [1.82, 2.24) is 10.2 Å². The average molecular weight is 481 g/mol. The molecule has 1 saturated carbocycles. The van der Waals surface area contributed by atoms with Crippen molar-refractivity contribution in [3.8, 4) is 0 Å². The van der Waals surface area contributed by atoms with E-state index in [4.69, 9.17) is 0 Å². The number of para-hydroxylation sites is 2. The van der Waals surface area contributed by atoms with Gasteiger partial charge in [0.1, 0.15) is 5.54 Å². The van der Waals surface area contributed by atoms with E-state index >= 15 is 0 Å². The Morgan fingerprint density at radius 1 is 1.09 bits per heavy atom. The van der Waals surface area contributed by atoms with Gasteiger partial charge < -0.3 is 10.6 Å². The van der Waals surface area contributed by atoms with Crippen molar-refractivity contribution in [2.45, 2.75) is 50.5 Å². The van der Waals surface area contributed by atoms with Gasteiger partial charge in [-0.3, -0.25) is 24.2 Å². The van der Waals surface area contributed by atoms with Crippen LogP contribution in [0.1, 0.15) is 43.4 Å². The maximum Gasteiger partial charge on any atom is 0.250 e. The molecule has 1 aliphatic carbocycles. The van der Waals surface area contributed by atoms with Crippen LogP contribution < -0.4 is 15.5 Å². The number of amides is 3. The van der Waals surface area contributed by atoms with Crippen LogP contribution in [0.15, 0.2) is 41.8 Å². The summed E-state index contributed by atoms with van der Waals surface area (Å²) in [5.41, 5.74) is 0.733. The molecule has 3 heterocycles. The fourth-order valence-corrected chi connectivity index (χ4v) is 6.36. The molecule has 0 atom stereocenters. The Morgan fingerprint density at radius 2 is 1.85 bits per heavy atom. The Hall–Kier alpha value is -2.71. The number of rotatable bonds is 6. The molecule has 1 aromatic heterocycles. The molecule has 180 valence electrons. The molecule has 2 N–H and O–H groups in total. The number of hydrogen-bond acceptors (Lipinski definition) is 5. The zero-order chi connectivity index (χ0) is 23.5. The number of carbonyl (C=O) groups excluding carboxylic acids is 3. The van der Waals surface area contributed by atoms with Crippen molar-refractivity contribution in [2.24, 2.45) is 5.92 Å². The topological polar surface area (TPSA) is 81.8 Å². The van der Waals surface area contributed by atoms with Crippen molar-refractivity contribution in [2.75, 3.05) is 36.4 Å². The standard InChI is InChI=1S/C26H32N4O3S/c31-23(30-22-8-2-1-7-21(22)28-25(33)26(30)12-3-4-13-26)18-29-15-10-19(11-16-29)24(32)27-14-9-20-6-5-17-34-20/h1-2,5-8,17,19H,3-4,9-16,18H2,(H,27,32)(H,28,33). The molecular formula is C26H32N4O3S. The maximum absolute atomic E-state index is 13.6. The number of nitrogens with zero attached hydrogens (tertiary/aromatic N) is 2. The van der Waals surface area contributed by atoms with E-state index in [-0.39, 0.29) is 30.2 Å². The van der Waals surface area contributed by atoms with Crippen molar-refractivity contribution in [3.63, 3.8) is 0 Å². The van der Waals surface area contributed by atoms with Gasteiger partial charge in [-0.25, -0.2) is 0 Å². The number of piperidine rings is 1. The third-order valence-electron chi connectivity index (χ3n) is 7.49. The number of benzene rings is 1. The van der Waals surface area contributed by atoms with Gasteiger partial charge in [0, 0.05) is 17.3 Å². The zero-order valence-electron chi connectivity index (χ0n) is 19.4. The van der Waals surface area contributed by atoms with Gasteiger partial charge in [0.05, 0.1) is 17.9 Å². The molecule has 1 spiro atoms. The van der Waals surface area contributed by atoms with Crippen LogP contribution in [0.5, 0.6) is 0 Å². The smallest absolute Gasteiger partial charge is 0.250 e. The molecule has 0 unspecified atom stereocenters. The highest BCUT2D eigenvalue weighted by atomic mass is 32.1. The Labute approximate surface area is 204 Å². The van der Waals surface area contributed by atoms with Crippen LogP contribution in [0.3, 0.4) is 0 Å². The first-order valence-corrected chi connectivity index (χ1v) is 13.2. The van der Waals surface area contributed by atoms with E-state index in [1.807, 2.05) is 30.3 Å². The van der Waals surface area contributed by atoms with E-state index in [0.717, 1.165) is 37.8 Å². The molecule has 0 bridgehead atoms. The highest BCUT2D eigenvalue weighted by Gasteiger charge is 2.52. The molecule has 3 aliphatic rings. The predicted molar refractivity (Wildman–Crippen MR) is 134 cm³/mol. The summed E-state index contributed by atoms with van der Waals surface area (Å²) in [6, 6.07) is 11.7. The van der Waals surface area contributed by atoms with Gasteiger partial charge in [0.15, 0.2) is 0 Å². The summed E-state index contributed by atoms with van der Waals surface area (Å²) in [7, 11) is 0. The lowest BCUT2D eigenvalue weighted by atomic mass is 9.89. The monoisotopic (exact) mass is 480 g/mol. The summed E-state index contributed by atoms with van der Waals surface area (Å²) in [5.74, 6) is 0.0319. The van der Waals surface area contributed by atoms with Crippen LogP contribution in [-0.2, 0) is 20.8 Å². The molecule has 2 fully saturated rings. The van der Waals surface area contributed by atoms with Crippen molar-refractivity contribution < 1.29 is 14.4 Å². The number of thiophene rings is 1. The van der Waals surface area contributed by atoms with E-state index in [9.17, 15) is 14.4 Å². The highest BCUT2D eigenvalue weighted by Crippen LogP contribution is 2.45. The molecule has 7 nitrogen and oxygen atoms in total. The minimum absolute atomic E-state index is 0.00245. The van der Waals surface area contributed by atoms with Crippen molar-refractivity contribution >= 4 is 40.4 Å². The van der Waals surface area contributed by atoms with E-state index in [0.29, 0.717) is 38.2 Å². The number of fused-ring (bicyclic) bond motifs is 1. The Bertz CT molecular complexity index is 1040. The van der Waals surface area contributed by atoms with Gasteiger partial charge in [0.25, 0.3) is 5.91 Å². The quantitative estimate of drug-likeness (QED) is 0.664. The molecule has 1 saturated heterocycles. The van der Waals surface area contributed by atoms with Crippen LogP contribution in [0, 0.1) is 5.92 Å². The molecule has 5 rings (SSSR count). The minimum atomic E-state index is -0.772. The van der Waals surface area contributed by atoms with Gasteiger partial charge in [-0.2, -0.15) is 0 Å². The molecule has 3 amide bonds.